The van der Waals surface area contributed by atoms with Crippen LogP contribution in [0.3, 0.4) is 0 Å². The van der Waals surface area contributed by atoms with Gasteiger partial charge < -0.3 is 5.32 Å². The predicted molar refractivity (Wildman–Crippen MR) is 70.2 cm³/mol. The van der Waals surface area contributed by atoms with Gasteiger partial charge in [-0.15, -0.1) is 0 Å². The quantitative estimate of drug-likeness (QED) is 0.700. The van der Waals surface area contributed by atoms with Crippen LogP contribution in [0.4, 0.5) is 0 Å². The van der Waals surface area contributed by atoms with Crippen molar-refractivity contribution in [2.45, 2.75) is 46.1 Å². The Labute approximate surface area is 103 Å². The summed E-state index contributed by atoms with van der Waals surface area (Å²) in [5, 5.41) is 3.35. The molecule has 0 amide bonds. The van der Waals surface area contributed by atoms with Gasteiger partial charge >= 0.3 is 0 Å². The Hall–Kier alpha value is -1.16. The van der Waals surface area contributed by atoms with E-state index in [9.17, 15) is 4.79 Å². The number of nitrogens with zero attached hydrogens (tertiary/aromatic N) is 2. The van der Waals surface area contributed by atoms with Gasteiger partial charge in [0.1, 0.15) is 0 Å². The maximum absolute atomic E-state index is 11.5. The number of nitrogens with one attached hydrogen (secondary N) is 1. The monoisotopic (exact) mass is 237 g/mol. The Morgan fingerprint density at radius 2 is 2.12 bits per heavy atom. The summed E-state index contributed by atoms with van der Waals surface area (Å²) in [6, 6.07) is 1.57. The molecular weight excluding hydrogens is 214 g/mol. The van der Waals surface area contributed by atoms with Crippen LogP contribution in [0.25, 0.3) is 0 Å². The summed E-state index contributed by atoms with van der Waals surface area (Å²) in [6.45, 7) is 6.60. The highest BCUT2D eigenvalue weighted by Gasteiger charge is 1.96. The summed E-state index contributed by atoms with van der Waals surface area (Å²) in [4.78, 5) is 15.7. The lowest BCUT2D eigenvalue weighted by atomic mass is 10.2. The van der Waals surface area contributed by atoms with Crippen molar-refractivity contribution in [1.82, 2.24) is 14.9 Å². The van der Waals surface area contributed by atoms with E-state index < -0.39 is 0 Å². The Bertz CT molecular complexity index is 373. The first kappa shape index (κ1) is 13.9. The number of hydrogen-bond donors (Lipinski definition) is 1. The van der Waals surface area contributed by atoms with E-state index in [1.807, 2.05) is 6.92 Å². The smallest absolute Gasteiger partial charge is 0.253 e. The Morgan fingerprint density at radius 1 is 1.29 bits per heavy atom. The van der Waals surface area contributed by atoms with Crippen molar-refractivity contribution in [2.75, 3.05) is 13.1 Å². The van der Waals surface area contributed by atoms with Crippen molar-refractivity contribution in [3.63, 3.8) is 0 Å². The Kier molecular flexibility index (Phi) is 6.55. The zero-order valence-electron chi connectivity index (χ0n) is 10.9. The molecular formula is C13H23N3O. The molecule has 4 nitrogen and oxygen atoms in total. The third kappa shape index (κ3) is 5.63. The van der Waals surface area contributed by atoms with Crippen molar-refractivity contribution in [3.8, 4) is 0 Å². The van der Waals surface area contributed by atoms with Crippen LogP contribution in [-0.2, 0) is 6.54 Å². The molecule has 4 heteroatoms. The van der Waals surface area contributed by atoms with Gasteiger partial charge in [0.15, 0.2) is 0 Å². The molecule has 0 aromatic carbocycles. The van der Waals surface area contributed by atoms with Crippen LogP contribution in [0, 0.1) is 6.92 Å². The molecule has 0 aliphatic carbocycles. The van der Waals surface area contributed by atoms with Gasteiger partial charge in [-0.25, -0.2) is 4.98 Å². The third-order valence-corrected chi connectivity index (χ3v) is 2.75. The van der Waals surface area contributed by atoms with E-state index in [4.69, 9.17) is 0 Å². The molecule has 0 aliphatic rings. The first-order valence-electron chi connectivity index (χ1n) is 6.48. The lowest BCUT2D eigenvalue weighted by Gasteiger charge is -2.06. The fourth-order valence-electron chi connectivity index (χ4n) is 1.69. The highest BCUT2D eigenvalue weighted by atomic mass is 16.1. The van der Waals surface area contributed by atoms with E-state index in [-0.39, 0.29) is 5.56 Å². The summed E-state index contributed by atoms with van der Waals surface area (Å²) in [5.74, 6) is 0. The van der Waals surface area contributed by atoms with Gasteiger partial charge in [-0.2, -0.15) is 0 Å². The van der Waals surface area contributed by atoms with E-state index in [0.29, 0.717) is 6.54 Å². The van der Waals surface area contributed by atoms with Gasteiger partial charge in [0.2, 0.25) is 0 Å². The first-order valence-corrected chi connectivity index (χ1v) is 6.48. The molecule has 1 rings (SSSR count). The van der Waals surface area contributed by atoms with Gasteiger partial charge in [0, 0.05) is 24.8 Å². The number of rotatable bonds is 8. The zero-order chi connectivity index (χ0) is 12.5. The normalized spacial score (nSPS) is 10.7. The average molecular weight is 237 g/mol. The van der Waals surface area contributed by atoms with Crippen molar-refractivity contribution < 1.29 is 0 Å². The molecule has 1 heterocycles. The van der Waals surface area contributed by atoms with Gasteiger partial charge in [-0.05, 0) is 19.9 Å². The second-order valence-corrected chi connectivity index (χ2v) is 4.37. The fraction of sp³-hybridized carbons (Fsp3) is 0.692. The lowest BCUT2D eigenvalue weighted by molar-refractivity contribution is 0.550. The first-order chi connectivity index (χ1) is 8.24. The lowest BCUT2D eigenvalue weighted by Crippen LogP contribution is -2.27. The molecule has 1 aromatic heterocycles. The SMILES string of the molecule is CCCCCCNCCn1cnc(C)cc1=O. The minimum Gasteiger partial charge on any atom is -0.315 e. The highest BCUT2D eigenvalue weighted by molar-refractivity contribution is 4.95. The molecule has 0 saturated carbocycles. The molecule has 0 fully saturated rings. The van der Waals surface area contributed by atoms with Crippen LogP contribution in [0.2, 0.25) is 0 Å². The minimum absolute atomic E-state index is 0.0327. The largest absolute Gasteiger partial charge is 0.315 e. The van der Waals surface area contributed by atoms with Gasteiger partial charge in [0.25, 0.3) is 5.56 Å². The van der Waals surface area contributed by atoms with Crippen LogP contribution >= 0.6 is 0 Å². The number of aryl methyl sites for hydroxylation is 1. The van der Waals surface area contributed by atoms with Crippen LogP contribution in [0.15, 0.2) is 17.2 Å². The van der Waals surface area contributed by atoms with Crippen molar-refractivity contribution in [1.29, 1.82) is 0 Å². The number of aromatic nitrogens is 2. The van der Waals surface area contributed by atoms with Gasteiger partial charge in [-0.1, -0.05) is 26.2 Å². The summed E-state index contributed by atoms with van der Waals surface area (Å²) < 4.78 is 1.64. The van der Waals surface area contributed by atoms with E-state index in [1.54, 1.807) is 17.0 Å². The molecule has 0 spiro atoms. The predicted octanol–water partition coefficient (Wildman–Crippen LogP) is 1.72. The molecule has 1 aromatic rings. The number of hydrogen-bond acceptors (Lipinski definition) is 3. The zero-order valence-corrected chi connectivity index (χ0v) is 10.9. The fourth-order valence-corrected chi connectivity index (χ4v) is 1.69. The molecule has 0 saturated heterocycles. The molecule has 0 unspecified atom stereocenters. The average Bonchev–Trinajstić information content (AvgIpc) is 2.30. The van der Waals surface area contributed by atoms with E-state index in [2.05, 4.69) is 17.2 Å². The van der Waals surface area contributed by atoms with Crippen molar-refractivity contribution in [2.24, 2.45) is 0 Å². The van der Waals surface area contributed by atoms with Crippen molar-refractivity contribution >= 4 is 0 Å². The summed E-state index contributed by atoms with van der Waals surface area (Å²) in [7, 11) is 0. The van der Waals surface area contributed by atoms with Crippen LogP contribution in [-0.4, -0.2) is 22.6 Å². The van der Waals surface area contributed by atoms with Crippen molar-refractivity contribution in [3.05, 3.63) is 28.4 Å². The topological polar surface area (TPSA) is 46.9 Å². The molecule has 1 N–H and O–H groups in total. The molecule has 0 atom stereocenters. The second-order valence-electron chi connectivity index (χ2n) is 4.37. The molecule has 0 aliphatic heterocycles. The Morgan fingerprint density at radius 3 is 2.82 bits per heavy atom. The number of unbranched alkanes of at least 4 members (excludes halogenated alkanes) is 3. The summed E-state index contributed by atoms with van der Waals surface area (Å²) in [5.41, 5.74) is 0.809. The van der Waals surface area contributed by atoms with Gasteiger partial charge in [-0.3, -0.25) is 9.36 Å². The molecule has 0 bridgehead atoms. The molecule has 17 heavy (non-hydrogen) atoms. The molecule has 96 valence electrons. The maximum atomic E-state index is 11.5. The van der Waals surface area contributed by atoms with Crippen LogP contribution in [0.5, 0.6) is 0 Å². The second kappa shape index (κ2) is 8.01. The van der Waals surface area contributed by atoms with E-state index in [0.717, 1.165) is 18.8 Å². The Balaban J connectivity index is 2.16. The van der Waals surface area contributed by atoms with Crippen LogP contribution < -0.4 is 10.9 Å². The van der Waals surface area contributed by atoms with Gasteiger partial charge in [0.05, 0.1) is 6.33 Å². The molecule has 0 radical (unpaired) electrons. The summed E-state index contributed by atoms with van der Waals surface area (Å²) in [6.07, 6.45) is 6.70. The maximum Gasteiger partial charge on any atom is 0.253 e. The van der Waals surface area contributed by atoms with Crippen LogP contribution in [0.1, 0.15) is 38.3 Å². The standard InChI is InChI=1S/C13H23N3O/c1-3-4-5-6-7-14-8-9-16-11-15-12(2)10-13(16)17/h10-11,14H,3-9H2,1-2H3. The summed E-state index contributed by atoms with van der Waals surface area (Å²) >= 11 is 0. The van der Waals surface area contributed by atoms with E-state index >= 15 is 0 Å². The highest BCUT2D eigenvalue weighted by Crippen LogP contribution is 1.96. The van der Waals surface area contributed by atoms with E-state index in [1.165, 1.54) is 25.7 Å². The third-order valence-electron chi connectivity index (χ3n) is 2.75. The minimum atomic E-state index is 0.0327.